The summed E-state index contributed by atoms with van der Waals surface area (Å²) >= 11 is 0. The fourth-order valence-corrected chi connectivity index (χ4v) is 0. The molecule has 0 amide bonds. The summed E-state index contributed by atoms with van der Waals surface area (Å²) < 4.78 is 0. The summed E-state index contributed by atoms with van der Waals surface area (Å²) in [6.45, 7) is 0. The summed E-state index contributed by atoms with van der Waals surface area (Å²) in [6.07, 6.45) is 0. The van der Waals surface area contributed by atoms with E-state index in [2.05, 4.69) is 0 Å². The van der Waals surface area contributed by atoms with Crippen molar-refractivity contribution >= 4 is 37.7 Å². The third-order valence-corrected chi connectivity index (χ3v) is 0. The predicted octanol–water partition coefficient (Wildman–Crippen LogP) is -2.72. The molecule has 0 unspecified atom stereocenters. The van der Waals surface area contributed by atoms with Gasteiger partial charge in [-0.1, -0.05) is 0 Å². The number of rotatable bonds is 0. The van der Waals surface area contributed by atoms with Gasteiger partial charge in [0.15, 0.2) is 0 Å². The van der Waals surface area contributed by atoms with Gasteiger partial charge in [-0.05, 0) is 0 Å². The van der Waals surface area contributed by atoms with E-state index in [0.717, 1.165) is 0 Å². The van der Waals surface area contributed by atoms with Crippen molar-refractivity contribution in [1.82, 2.24) is 0 Å². The van der Waals surface area contributed by atoms with Crippen molar-refractivity contribution < 1.29 is 31.5 Å². The first kappa shape index (κ1) is 24.5. The Morgan fingerprint density at radius 3 is 0.714 bits per heavy atom. The van der Waals surface area contributed by atoms with E-state index < -0.39 is 0 Å². The maximum absolute atomic E-state index is 7.00. The first-order valence-electron chi connectivity index (χ1n) is 0.567. The Kier molecular flexibility index (Phi) is 855. The van der Waals surface area contributed by atoms with Crippen LogP contribution in [-0.2, 0) is 0 Å². The average molecular weight is 140 g/mol. The zero-order valence-electron chi connectivity index (χ0n) is 3.31. The largest absolute Gasteiger partial charge is 2.00 e. The van der Waals surface area contributed by atoms with E-state index in [4.69, 9.17) is 31.5 Å². The summed E-state index contributed by atoms with van der Waals surface area (Å²) in [4.78, 5) is 0. The van der Waals surface area contributed by atoms with Gasteiger partial charge in [-0.25, -0.2) is 0 Å². The van der Waals surface area contributed by atoms with Gasteiger partial charge in [0.2, 0.25) is 0 Å². The molecular weight excluding hydrogens is 136 g/mol. The second-order valence-electron chi connectivity index (χ2n) is 0. The van der Waals surface area contributed by atoms with Crippen LogP contribution < -0.4 is 10.5 Å². The third kappa shape index (κ3) is 170. The average Bonchev–Trinajstić information content (AvgIpc) is 1.81. The van der Waals surface area contributed by atoms with Crippen molar-refractivity contribution in [2.24, 2.45) is 0 Å². The molecule has 42 valence electrons. The SMILES string of the molecule is OO.OO.[Ca+2].[O-][O-]. The molecule has 0 atom stereocenters. The van der Waals surface area contributed by atoms with Gasteiger partial charge in [-0.2, -0.15) is 0 Å². The van der Waals surface area contributed by atoms with Crippen LogP contribution in [0.3, 0.4) is 0 Å². The van der Waals surface area contributed by atoms with Gasteiger partial charge in [0.25, 0.3) is 0 Å². The molecule has 0 bridgehead atoms. The van der Waals surface area contributed by atoms with Crippen molar-refractivity contribution in [3.05, 3.63) is 0 Å². The van der Waals surface area contributed by atoms with Crippen LogP contribution >= 0.6 is 0 Å². The molecule has 0 spiro atoms. The number of hydrogen-bond acceptors (Lipinski definition) is 6. The van der Waals surface area contributed by atoms with Crippen LogP contribution in [0.2, 0.25) is 0 Å². The molecule has 0 aliphatic rings. The second kappa shape index (κ2) is 245. The van der Waals surface area contributed by atoms with Gasteiger partial charge in [-0.3, -0.25) is 21.0 Å². The Bertz CT molecular complexity index is 4.14. The van der Waals surface area contributed by atoms with E-state index in [0.29, 0.717) is 0 Å². The van der Waals surface area contributed by atoms with Crippen LogP contribution in [0.5, 0.6) is 0 Å². The molecule has 0 saturated carbocycles. The van der Waals surface area contributed by atoms with Gasteiger partial charge in [-0.15, -0.1) is 0 Å². The molecular formula is H4CaO6. The molecule has 7 heteroatoms. The van der Waals surface area contributed by atoms with E-state index in [1.807, 2.05) is 0 Å². The Morgan fingerprint density at radius 2 is 0.714 bits per heavy atom. The molecule has 7 heavy (non-hydrogen) atoms. The summed E-state index contributed by atoms with van der Waals surface area (Å²) in [7, 11) is 0. The van der Waals surface area contributed by atoms with Crippen LogP contribution in [0.15, 0.2) is 0 Å². The molecule has 4 N–H and O–H groups in total. The van der Waals surface area contributed by atoms with E-state index >= 15 is 0 Å². The standard InChI is InChI=1S/Ca.2H2O2.O2/c;3*1-2/h;2*1-2H;/q+2;;;-2. The van der Waals surface area contributed by atoms with Crippen LogP contribution in [0, 0.1) is 0 Å². The minimum Gasteiger partial charge on any atom is -1.00 e. The fourth-order valence-electron chi connectivity index (χ4n) is 0. The summed E-state index contributed by atoms with van der Waals surface area (Å²) in [5.74, 6) is 0. The predicted molar refractivity (Wildman–Crippen MR) is 16.3 cm³/mol. The van der Waals surface area contributed by atoms with Crippen molar-refractivity contribution in [3.63, 3.8) is 0 Å². The zero-order chi connectivity index (χ0) is 6.00. The molecule has 0 radical (unpaired) electrons. The van der Waals surface area contributed by atoms with Crippen LogP contribution in [0.4, 0.5) is 0 Å². The van der Waals surface area contributed by atoms with Crippen molar-refractivity contribution in [1.29, 1.82) is 0 Å². The van der Waals surface area contributed by atoms with Crippen molar-refractivity contribution in [2.45, 2.75) is 0 Å². The Balaban J connectivity index is -0.00000000900. The van der Waals surface area contributed by atoms with E-state index in [1.54, 1.807) is 0 Å². The smallest absolute Gasteiger partial charge is 1.00 e. The van der Waals surface area contributed by atoms with Crippen molar-refractivity contribution in [3.8, 4) is 0 Å². The molecule has 0 aromatic heterocycles. The van der Waals surface area contributed by atoms with Crippen LogP contribution in [0.1, 0.15) is 0 Å². The molecule has 0 saturated heterocycles. The Hall–Kier alpha value is 1.02. The molecule has 0 aromatic carbocycles. The Labute approximate surface area is 69.1 Å². The maximum atomic E-state index is 7.00. The summed E-state index contributed by atoms with van der Waals surface area (Å²) in [5, 5.41) is 38.0. The molecule has 6 nitrogen and oxygen atoms in total. The topological polar surface area (TPSA) is 127 Å². The van der Waals surface area contributed by atoms with Gasteiger partial charge in [0.05, 0.1) is 0 Å². The summed E-state index contributed by atoms with van der Waals surface area (Å²) in [5.41, 5.74) is 0. The number of hydrogen-bond donors (Lipinski definition) is 4. The molecule has 0 aromatic rings. The van der Waals surface area contributed by atoms with Gasteiger partial charge in [0, 0.05) is 0 Å². The normalized spacial score (nSPS) is 2.57. The first-order chi connectivity index (χ1) is 3.00. The quantitative estimate of drug-likeness (QED) is 0.164. The molecule has 0 aliphatic heterocycles. The van der Waals surface area contributed by atoms with E-state index in [1.165, 1.54) is 0 Å². The third-order valence-electron chi connectivity index (χ3n) is 0. The minimum absolute atomic E-state index is 0. The molecule has 0 heterocycles. The van der Waals surface area contributed by atoms with Gasteiger partial charge in [0.1, 0.15) is 0 Å². The summed E-state index contributed by atoms with van der Waals surface area (Å²) in [6, 6.07) is 0. The minimum atomic E-state index is 0. The first-order valence-corrected chi connectivity index (χ1v) is 0.567. The zero-order valence-corrected chi connectivity index (χ0v) is 5.52. The Morgan fingerprint density at radius 1 is 0.714 bits per heavy atom. The second-order valence-corrected chi connectivity index (χ2v) is 0. The maximum Gasteiger partial charge on any atom is 2.00 e. The molecule has 0 aliphatic carbocycles. The van der Waals surface area contributed by atoms with Gasteiger partial charge < -0.3 is 10.5 Å². The molecule has 0 rings (SSSR count). The molecule has 0 fully saturated rings. The van der Waals surface area contributed by atoms with E-state index in [9.17, 15) is 0 Å². The van der Waals surface area contributed by atoms with Crippen LogP contribution in [0.25, 0.3) is 0 Å². The van der Waals surface area contributed by atoms with Crippen molar-refractivity contribution in [2.75, 3.05) is 0 Å². The van der Waals surface area contributed by atoms with Crippen LogP contribution in [-0.4, -0.2) is 58.8 Å². The monoisotopic (exact) mass is 140 g/mol. The fraction of sp³-hybridized carbons (Fsp3) is 0. The van der Waals surface area contributed by atoms with Gasteiger partial charge >= 0.3 is 37.7 Å². The van der Waals surface area contributed by atoms with E-state index in [-0.39, 0.29) is 37.7 Å².